The average molecular weight is 138 g/mol. The zero-order valence-electron chi connectivity index (χ0n) is 6.25. The van der Waals surface area contributed by atoms with Gasteiger partial charge in [-0.1, -0.05) is 6.58 Å². The Morgan fingerprint density at radius 3 is 2.60 bits per heavy atom. The molecule has 1 atom stereocenters. The smallest absolute Gasteiger partial charge is 0.101 e. The van der Waals surface area contributed by atoms with Crippen LogP contribution in [0.1, 0.15) is 25.7 Å². The lowest BCUT2D eigenvalue weighted by atomic mass is 9.64. The normalized spacial score (nSPS) is 43.8. The second-order valence-electron chi connectivity index (χ2n) is 3.52. The minimum Gasteiger partial charge on any atom is -0.498 e. The van der Waals surface area contributed by atoms with Crippen molar-refractivity contribution in [2.75, 3.05) is 0 Å². The molecule has 1 heteroatoms. The Morgan fingerprint density at radius 2 is 2.10 bits per heavy atom. The van der Waals surface area contributed by atoms with E-state index < -0.39 is 0 Å². The zero-order chi connectivity index (χ0) is 6.97. The van der Waals surface area contributed by atoms with Crippen LogP contribution in [0.3, 0.4) is 0 Å². The first-order chi connectivity index (χ1) is 4.90. The third kappa shape index (κ3) is 0.845. The van der Waals surface area contributed by atoms with Crippen LogP contribution in [0.25, 0.3) is 0 Å². The van der Waals surface area contributed by atoms with E-state index in [0.717, 1.165) is 11.8 Å². The second kappa shape index (κ2) is 2.30. The molecule has 3 aliphatic rings. The highest BCUT2D eigenvalue weighted by atomic mass is 16.5. The predicted octanol–water partition coefficient (Wildman–Crippen LogP) is 2.34. The molecule has 0 amide bonds. The molecule has 0 aliphatic heterocycles. The fourth-order valence-corrected chi connectivity index (χ4v) is 2.26. The average Bonchev–Trinajstić information content (AvgIpc) is 1.87. The van der Waals surface area contributed by atoms with Crippen LogP contribution >= 0.6 is 0 Å². The minimum atomic E-state index is 0.516. The summed E-state index contributed by atoms with van der Waals surface area (Å²) in [5, 5.41) is 0. The van der Waals surface area contributed by atoms with Gasteiger partial charge >= 0.3 is 0 Å². The van der Waals surface area contributed by atoms with Crippen molar-refractivity contribution >= 4 is 0 Å². The summed E-state index contributed by atoms with van der Waals surface area (Å²) in [4.78, 5) is 0. The van der Waals surface area contributed by atoms with Gasteiger partial charge in [0.1, 0.15) is 6.10 Å². The van der Waals surface area contributed by atoms with Crippen LogP contribution in [0.2, 0.25) is 0 Å². The fourth-order valence-electron chi connectivity index (χ4n) is 2.26. The number of ether oxygens (including phenoxy) is 1. The highest BCUT2D eigenvalue weighted by Gasteiger charge is 2.40. The van der Waals surface area contributed by atoms with Gasteiger partial charge in [-0.05, 0) is 37.5 Å². The van der Waals surface area contributed by atoms with Crippen molar-refractivity contribution in [3.8, 4) is 0 Å². The third-order valence-corrected chi connectivity index (χ3v) is 2.93. The van der Waals surface area contributed by atoms with Gasteiger partial charge in [0.15, 0.2) is 0 Å². The quantitative estimate of drug-likeness (QED) is 0.532. The predicted molar refractivity (Wildman–Crippen MR) is 40.5 cm³/mol. The van der Waals surface area contributed by atoms with Crippen LogP contribution < -0.4 is 0 Å². The van der Waals surface area contributed by atoms with Crippen molar-refractivity contribution in [2.24, 2.45) is 11.8 Å². The van der Waals surface area contributed by atoms with Gasteiger partial charge in [0.2, 0.25) is 0 Å². The van der Waals surface area contributed by atoms with Crippen LogP contribution in [0.5, 0.6) is 0 Å². The SMILES string of the molecule is C=COC1CCC2CC1C2. The van der Waals surface area contributed by atoms with Gasteiger partial charge in [-0.15, -0.1) is 0 Å². The Bertz CT molecular complexity index is 133. The molecule has 3 fully saturated rings. The lowest BCUT2D eigenvalue weighted by molar-refractivity contribution is -0.0356. The summed E-state index contributed by atoms with van der Waals surface area (Å²) in [6.45, 7) is 3.58. The third-order valence-electron chi connectivity index (χ3n) is 2.93. The molecular formula is C9H14O. The van der Waals surface area contributed by atoms with Crippen LogP contribution in [0, 0.1) is 11.8 Å². The Morgan fingerprint density at radius 1 is 1.30 bits per heavy atom. The van der Waals surface area contributed by atoms with Crippen molar-refractivity contribution in [3.63, 3.8) is 0 Å². The summed E-state index contributed by atoms with van der Waals surface area (Å²) in [7, 11) is 0. The van der Waals surface area contributed by atoms with Crippen LogP contribution in [0.15, 0.2) is 12.8 Å². The van der Waals surface area contributed by atoms with E-state index in [9.17, 15) is 0 Å². The number of fused-ring (bicyclic) bond motifs is 2. The summed E-state index contributed by atoms with van der Waals surface area (Å²) in [6, 6.07) is 0. The van der Waals surface area contributed by atoms with Gasteiger partial charge in [0.05, 0.1) is 6.26 Å². The Kier molecular flexibility index (Phi) is 1.44. The molecule has 0 aromatic rings. The molecule has 0 saturated heterocycles. The van der Waals surface area contributed by atoms with Gasteiger partial charge in [-0.3, -0.25) is 0 Å². The van der Waals surface area contributed by atoms with Gasteiger partial charge < -0.3 is 4.74 Å². The molecule has 3 saturated carbocycles. The van der Waals surface area contributed by atoms with Gasteiger partial charge in [-0.2, -0.15) is 0 Å². The van der Waals surface area contributed by atoms with Crippen molar-refractivity contribution < 1.29 is 4.74 Å². The van der Waals surface area contributed by atoms with Crippen LogP contribution in [-0.4, -0.2) is 6.10 Å². The van der Waals surface area contributed by atoms with Gasteiger partial charge in [0.25, 0.3) is 0 Å². The zero-order valence-corrected chi connectivity index (χ0v) is 6.25. The summed E-state index contributed by atoms with van der Waals surface area (Å²) in [5.41, 5.74) is 0. The first kappa shape index (κ1) is 6.26. The molecule has 3 aliphatic carbocycles. The number of hydrogen-bond acceptors (Lipinski definition) is 1. The second-order valence-corrected chi connectivity index (χ2v) is 3.52. The van der Waals surface area contributed by atoms with E-state index in [1.54, 1.807) is 6.26 Å². The van der Waals surface area contributed by atoms with E-state index >= 15 is 0 Å². The summed E-state index contributed by atoms with van der Waals surface area (Å²) < 4.78 is 5.40. The Hall–Kier alpha value is -0.460. The molecule has 0 aromatic heterocycles. The molecule has 0 heterocycles. The summed E-state index contributed by atoms with van der Waals surface area (Å²) in [5.74, 6) is 1.92. The molecule has 1 unspecified atom stereocenters. The largest absolute Gasteiger partial charge is 0.498 e. The van der Waals surface area contributed by atoms with Crippen molar-refractivity contribution in [2.45, 2.75) is 31.8 Å². The van der Waals surface area contributed by atoms with Crippen LogP contribution in [-0.2, 0) is 4.74 Å². The number of hydrogen-bond donors (Lipinski definition) is 0. The van der Waals surface area contributed by atoms with E-state index in [-0.39, 0.29) is 0 Å². The topological polar surface area (TPSA) is 9.23 Å². The molecule has 56 valence electrons. The number of rotatable bonds is 2. The lowest BCUT2D eigenvalue weighted by Gasteiger charge is -2.45. The highest BCUT2D eigenvalue weighted by molar-refractivity contribution is 4.91. The maximum atomic E-state index is 5.40. The van der Waals surface area contributed by atoms with Crippen molar-refractivity contribution in [1.29, 1.82) is 0 Å². The van der Waals surface area contributed by atoms with E-state index in [1.807, 2.05) is 0 Å². The van der Waals surface area contributed by atoms with Gasteiger partial charge in [0, 0.05) is 0 Å². The minimum absolute atomic E-state index is 0.516. The Labute approximate surface area is 62.1 Å². The summed E-state index contributed by atoms with van der Waals surface area (Å²) >= 11 is 0. The first-order valence-electron chi connectivity index (χ1n) is 4.16. The molecule has 2 bridgehead atoms. The standard InChI is InChI=1S/C9H14O/c1-2-10-9-4-3-7-5-8(9)6-7/h2,7-9H,1,3-6H2. The Balaban J connectivity index is 1.89. The molecule has 0 N–H and O–H groups in total. The highest BCUT2D eigenvalue weighted by Crippen LogP contribution is 2.46. The van der Waals surface area contributed by atoms with E-state index in [4.69, 9.17) is 4.74 Å². The lowest BCUT2D eigenvalue weighted by Crippen LogP contribution is -2.40. The maximum Gasteiger partial charge on any atom is 0.101 e. The molecule has 10 heavy (non-hydrogen) atoms. The van der Waals surface area contributed by atoms with Crippen molar-refractivity contribution in [1.82, 2.24) is 0 Å². The molecule has 1 nitrogen and oxygen atoms in total. The first-order valence-corrected chi connectivity index (χ1v) is 4.16. The molecule has 0 radical (unpaired) electrons. The molecule has 0 spiro atoms. The fraction of sp³-hybridized carbons (Fsp3) is 0.778. The van der Waals surface area contributed by atoms with Crippen molar-refractivity contribution in [3.05, 3.63) is 12.8 Å². The molecule has 3 rings (SSSR count). The van der Waals surface area contributed by atoms with E-state index in [2.05, 4.69) is 6.58 Å². The monoisotopic (exact) mass is 138 g/mol. The molecular weight excluding hydrogens is 124 g/mol. The van der Waals surface area contributed by atoms with E-state index in [0.29, 0.717) is 6.10 Å². The maximum absolute atomic E-state index is 5.40. The van der Waals surface area contributed by atoms with Gasteiger partial charge in [-0.25, -0.2) is 0 Å². The molecule has 0 aromatic carbocycles. The summed E-state index contributed by atoms with van der Waals surface area (Å²) in [6.07, 6.45) is 7.60. The van der Waals surface area contributed by atoms with Crippen LogP contribution in [0.4, 0.5) is 0 Å². The van der Waals surface area contributed by atoms with E-state index in [1.165, 1.54) is 25.7 Å².